The summed E-state index contributed by atoms with van der Waals surface area (Å²) >= 11 is 1.23. The van der Waals surface area contributed by atoms with Crippen LogP contribution in [0.5, 0.6) is 0 Å². The molecule has 0 unspecified atom stereocenters. The van der Waals surface area contributed by atoms with Crippen molar-refractivity contribution in [3.05, 3.63) is 67.8 Å². The maximum atomic E-state index is 11.9. The summed E-state index contributed by atoms with van der Waals surface area (Å²) in [6.45, 7) is 1.39. The Morgan fingerprint density at radius 1 is 1.19 bits per heavy atom. The number of aromatic amines is 2. The highest BCUT2D eigenvalue weighted by molar-refractivity contribution is 7.14. The molecule has 0 fully saturated rings. The monoisotopic (exact) mass is 386 g/mol. The van der Waals surface area contributed by atoms with Gasteiger partial charge in [-0.05, 0) is 6.92 Å². The van der Waals surface area contributed by atoms with Crippen LogP contribution in [0.25, 0.3) is 11.3 Å². The molecule has 27 heavy (non-hydrogen) atoms. The zero-order chi connectivity index (χ0) is 19.4. The summed E-state index contributed by atoms with van der Waals surface area (Å²) in [6.07, 6.45) is 0. The van der Waals surface area contributed by atoms with Crippen molar-refractivity contribution in [2.75, 3.05) is 11.9 Å². The van der Waals surface area contributed by atoms with Gasteiger partial charge in [0.2, 0.25) is 0 Å². The third kappa shape index (κ3) is 4.76. The molecule has 0 radical (unpaired) electrons. The Bertz CT molecular complexity index is 1070. The zero-order valence-electron chi connectivity index (χ0n) is 14.1. The number of benzene rings is 1. The molecule has 3 N–H and O–H groups in total. The number of aryl methyl sites for hydroxylation is 1. The first-order valence-electron chi connectivity index (χ1n) is 7.74. The van der Waals surface area contributed by atoms with Crippen LogP contribution >= 0.6 is 11.3 Å². The molecule has 0 saturated heterocycles. The summed E-state index contributed by atoms with van der Waals surface area (Å²) in [7, 11) is 0. The van der Waals surface area contributed by atoms with Crippen molar-refractivity contribution in [1.82, 2.24) is 15.0 Å². The molecule has 0 bridgehead atoms. The Hall–Kier alpha value is -3.53. The summed E-state index contributed by atoms with van der Waals surface area (Å²) in [6, 6.07) is 8.66. The van der Waals surface area contributed by atoms with Gasteiger partial charge in [-0.3, -0.25) is 19.9 Å². The van der Waals surface area contributed by atoms with Gasteiger partial charge < -0.3 is 9.72 Å². The lowest BCUT2D eigenvalue weighted by Gasteiger charge is -2.04. The summed E-state index contributed by atoms with van der Waals surface area (Å²) in [5, 5.41) is 4.68. The van der Waals surface area contributed by atoms with Crippen LogP contribution in [0.3, 0.4) is 0 Å². The lowest BCUT2D eigenvalue weighted by atomic mass is 10.1. The second-order valence-corrected chi connectivity index (χ2v) is 6.39. The lowest BCUT2D eigenvalue weighted by Crippen LogP contribution is -2.27. The second-order valence-electron chi connectivity index (χ2n) is 5.53. The van der Waals surface area contributed by atoms with Gasteiger partial charge in [0.1, 0.15) is 5.69 Å². The van der Waals surface area contributed by atoms with Gasteiger partial charge in [-0.15, -0.1) is 11.3 Å². The van der Waals surface area contributed by atoms with E-state index in [1.54, 1.807) is 5.38 Å². The van der Waals surface area contributed by atoms with Gasteiger partial charge in [0.05, 0.1) is 5.69 Å². The fourth-order valence-corrected chi connectivity index (χ4v) is 2.87. The van der Waals surface area contributed by atoms with Crippen LogP contribution in [0.1, 0.15) is 16.1 Å². The molecule has 2 aromatic heterocycles. The molecule has 3 aromatic rings. The van der Waals surface area contributed by atoms with Gasteiger partial charge in [0.25, 0.3) is 11.5 Å². The maximum Gasteiger partial charge on any atom is 0.355 e. The van der Waals surface area contributed by atoms with Gasteiger partial charge in [-0.1, -0.05) is 29.8 Å². The Morgan fingerprint density at radius 3 is 2.63 bits per heavy atom. The Kier molecular flexibility index (Phi) is 5.27. The highest BCUT2D eigenvalue weighted by atomic mass is 32.1. The van der Waals surface area contributed by atoms with E-state index in [0.717, 1.165) is 17.2 Å². The lowest BCUT2D eigenvalue weighted by molar-refractivity contribution is -0.119. The van der Waals surface area contributed by atoms with E-state index in [2.05, 4.69) is 15.3 Å². The fraction of sp³-hybridized carbons (Fsp3) is 0.118. The minimum atomic E-state index is -0.993. The third-order valence-electron chi connectivity index (χ3n) is 3.41. The molecule has 138 valence electrons. The first kappa shape index (κ1) is 18.3. The predicted molar refractivity (Wildman–Crippen MR) is 98.9 cm³/mol. The molecule has 0 aliphatic heterocycles. The Labute approximate surface area is 156 Å². The molecule has 0 aliphatic rings. The molecule has 9 nitrogen and oxygen atoms in total. The van der Waals surface area contributed by atoms with E-state index in [4.69, 9.17) is 4.74 Å². The van der Waals surface area contributed by atoms with E-state index < -0.39 is 29.7 Å². The van der Waals surface area contributed by atoms with Crippen LogP contribution in [0.2, 0.25) is 0 Å². The van der Waals surface area contributed by atoms with Gasteiger partial charge in [0, 0.05) is 17.0 Å². The number of carbonyl (C=O) groups excluding carboxylic acids is 2. The fourth-order valence-electron chi connectivity index (χ4n) is 2.13. The van der Waals surface area contributed by atoms with Crippen LogP contribution in [-0.2, 0) is 9.53 Å². The number of amides is 1. The number of anilines is 1. The summed E-state index contributed by atoms with van der Waals surface area (Å²) in [4.78, 5) is 54.3. The molecule has 0 saturated carbocycles. The topological polar surface area (TPSA) is 134 Å². The normalized spacial score (nSPS) is 10.4. The summed E-state index contributed by atoms with van der Waals surface area (Å²) in [5.41, 5.74) is 0.834. The summed E-state index contributed by atoms with van der Waals surface area (Å²) < 4.78 is 4.78. The van der Waals surface area contributed by atoms with Crippen LogP contribution in [0.4, 0.5) is 5.13 Å². The quantitative estimate of drug-likeness (QED) is 0.566. The number of nitrogens with zero attached hydrogens (tertiary/aromatic N) is 1. The first-order chi connectivity index (χ1) is 12.9. The van der Waals surface area contributed by atoms with Crippen molar-refractivity contribution in [2.24, 2.45) is 0 Å². The van der Waals surface area contributed by atoms with Crippen molar-refractivity contribution in [3.63, 3.8) is 0 Å². The standard InChI is InChI=1S/C17H14N4O5S/c1-9-2-4-10(5-3-9)12-8-27-17(19-12)21-14(23)7-26-15(24)11-6-13(22)20-16(25)18-11/h2-6,8H,7H2,1H3,(H,19,21,23)(H2,18,20,22,25). The molecule has 3 rings (SSSR count). The number of aromatic nitrogens is 3. The van der Waals surface area contributed by atoms with E-state index in [1.165, 1.54) is 11.3 Å². The molecule has 0 spiro atoms. The highest BCUT2D eigenvalue weighted by Crippen LogP contribution is 2.25. The predicted octanol–water partition coefficient (Wildman–Crippen LogP) is 1.29. The minimum absolute atomic E-state index is 0.340. The molecule has 0 aliphatic carbocycles. The number of thiazole rings is 1. The van der Waals surface area contributed by atoms with Gasteiger partial charge >= 0.3 is 11.7 Å². The van der Waals surface area contributed by atoms with Gasteiger partial charge in [-0.25, -0.2) is 14.6 Å². The SMILES string of the molecule is Cc1ccc(-c2csc(NC(=O)COC(=O)c3cc(=O)[nH]c(=O)[nH]3)n2)cc1. The van der Waals surface area contributed by atoms with E-state index in [1.807, 2.05) is 36.2 Å². The maximum absolute atomic E-state index is 11.9. The van der Waals surface area contributed by atoms with Crippen molar-refractivity contribution in [3.8, 4) is 11.3 Å². The number of carbonyl (C=O) groups is 2. The molecular formula is C17H14N4O5S. The van der Waals surface area contributed by atoms with Gasteiger partial charge in [-0.2, -0.15) is 0 Å². The largest absolute Gasteiger partial charge is 0.451 e. The van der Waals surface area contributed by atoms with Crippen molar-refractivity contribution in [1.29, 1.82) is 0 Å². The van der Waals surface area contributed by atoms with Crippen molar-refractivity contribution in [2.45, 2.75) is 6.92 Å². The van der Waals surface area contributed by atoms with Crippen LogP contribution < -0.4 is 16.6 Å². The van der Waals surface area contributed by atoms with Crippen LogP contribution in [0, 0.1) is 6.92 Å². The highest BCUT2D eigenvalue weighted by Gasteiger charge is 2.13. The van der Waals surface area contributed by atoms with Crippen molar-refractivity contribution >= 4 is 28.3 Å². The van der Waals surface area contributed by atoms with Gasteiger partial charge in [0.15, 0.2) is 11.7 Å². The number of esters is 1. The molecular weight excluding hydrogens is 372 g/mol. The van der Waals surface area contributed by atoms with E-state index in [9.17, 15) is 19.2 Å². The van der Waals surface area contributed by atoms with Crippen molar-refractivity contribution < 1.29 is 14.3 Å². The third-order valence-corrected chi connectivity index (χ3v) is 4.17. The average Bonchev–Trinajstić information content (AvgIpc) is 3.08. The number of nitrogens with one attached hydrogen (secondary N) is 3. The zero-order valence-corrected chi connectivity index (χ0v) is 14.9. The number of hydrogen-bond acceptors (Lipinski definition) is 7. The second kappa shape index (κ2) is 7.79. The number of rotatable bonds is 5. The summed E-state index contributed by atoms with van der Waals surface area (Å²) in [5.74, 6) is -1.59. The Morgan fingerprint density at radius 2 is 1.93 bits per heavy atom. The molecule has 1 amide bonds. The number of hydrogen-bond donors (Lipinski definition) is 3. The van der Waals surface area contributed by atoms with Crippen LogP contribution in [0.15, 0.2) is 45.3 Å². The first-order valence-corrected chi connectivity index (χ1v) is 8.62. The average molecular weight is 386 g/mol. The van der Waals surface area contributed by atoms with Crippen LogP contribution in [-0.4, -0.2) is 33.4 Å². The van der Waals surface area contributed by atoms with E-state index in [0.29, 0.717) is 10.8 Å². The van der Waals surface area contributed by atoms with E-state index >= 15 is 0 Å². The number of ether oxygens (including phenoxy) is 1. The smallest absolute Gasteiger partial charge is 0.355 e. The number of H-pyrrole nitrogens is 2. The molecule has 0 atom stereocenters. The molecule has 10 heteroatoms. The Balaban J connectivity index is 1.58. The van der Waals surface area contributed by atoms with E-state index in [-0.39, 0.29) is 5.69 Å². The molecule has 2 heterocycles. The minimum Gasteiger partial charge on any atom is -0.451 e. The molecule has 1 aromatic carbocycles.